The molecule has 0 aromatic heterocycles. The molecule has 5 nitrogen and oxygen atoms in total. The van der Waals surface area contributed by atoms with Crippen molar-refractivity contribution >= 4 is 21.6 Å². The molecule has 2 N–H and O–H groups in total. The highest BCUT2D eigenvalue weighted by Gasteiger charge is 2.26. The Morgan fingerprint density at radius 2 is 1.67 bits per heavy atom. The van der Waals surface area contributed by atoms with Crippen LogP contribution in [0.3, 0.4) is 0 Å². The van der Waals surface area contributed by atoms with E-state index in [9.17, 15) is 22.0 Å². The van der Waals surface area contributed by atoms with E-state index in [-0.39, 0.29) is 17.3 Å². The molecule has 0 atom stereocenters. The van der Waals surface area contributed by atoms with Crippen LogP contribution in [0.25, 0.3) is 0 Å². The predicted molar refractivity (Wildman–Crippen MR) is 84.1 cm³/mol. The average Bonchev–Trinajstić information content (AvgIpc) is 3.30. The fourth-order valence-corrected chi connectivity index (χ4v) is 3.27. The molecule has 8 heteroatoms. The Hall–Kier alpha value is -2.48. The molecular formula is C16H14F2N2O3S. The lowest BCUT2D eigenvalue weighted by Gasteiger charge is -2.12. The second-order valence-electron chi connectivity index (χ2n) is 5.50. The number of para-hydroxylation sites is 1. The third-order valence-corrected chi connectivity index (χ3v) is 4.82. The summed E-state index contributed by atoms with van der Waals surface area (Å²) in [6, 6.07) is 8.14. The van der Waals surface area contributed by atoms with Crippen molar-refractivity contribution in [1.29, 1.82) is 0 Å². The van der Waals surface area contributed by atoms with Gasteiger partial charge in [0.05, 0.1) is 16.1 Å². The highest BCUT2D eigenvalue weighted by atomic mass is 32.2. The first-order valence-corrected chi connectivity index (χ1v) is 8.72. The van der Waals surface area contributed by atoms with Crippen LogP contribution in [-0.2, 0) is 10.0 Å². The maximum absolute atomic E-state index is 13.3. The van der Waals surface area contributed by atoms with E-state index in [2.05, 4.69) is 10.0 Å². The van der Waals surface area contributed by atoms with E-state index in [0.29, 0.717) is 18.2 Å². The van der Waals surface area contributed by atoms with E-state index < -0.39 is 32.5 Å². The number of halogens is 2. The second-order valence-corrected chi connectivity index (χ2v) is 7.19. The zero-order valence-electron chi connectivity index (χ0n) is 12.4. The Kier molecular flexibility index (Phi) is 4.23. The van der Waals surface area contributed by atoms with E-state index in [1.165, 1.54) is 12.1 Å². The molecule has 1 amide bonds. The molecular weight excluding hydrogens is 338 g/mol. The predicted octanol–water partition coefficient (Wildman–Crippen LogP) is 2.66. The van der Waals surface area contributed by atoms with Crippen LogP contribution in [0.2, 0.25) is 0 Å². The van der Waals surface area contributed by atoms with E-state index in [0.717, 1.165) is 12.8 Å². The number of amides is 1. The smallest absolute Gasteiger partial charge is 0.262 e. The van der Waals surface area contributed by atoms with Crippen LogP contribution in [-0.4, -0.2) is 20.4 Å². The number of hydrogen-bond acceptors (Lipinski definition) is 3. The maximum atomic E-state index is 13.3. The first-order valence-electron chi connectivity index (χ1n) is 7.24. The molecule has 24 heavy (non-hydrogen) atoms. The number of anilines is 1. The van der Waals surface area contributed by atoms with Crippen molar-refractivity contribution in [2.45, 2.75) is 23.8 Å². The van der Waals surface area contributed by atoms with Crippen molar-refractivity contribution in [2.75, 3.05) is 4.72 Å². The number of rotatable bonds is 5. The van der Waals surface area contributed by atoms with E-state index in [4.69, 9.17) is 0 Å². The van der Waals surface area contributed by atoms with Gasteiger partial charge in [0, 0.05) is 12.1 Å². The molecule has 0 unspecified atom stereocenters. The molecule has 1 aliphatic rings. The number of benzene rings is 2. The number of carbonyl (C=O) groups excluding carboxylic acids is 1. The first-order chi connectivity index (χ1) is 11.3. The van der Waals surface area contributed by atoms with Crippen LogP contribution in [0.15, 0.2) is 47.4 Å². The summed E-state index contributed by atoms with van der Waals surface area (Å²) in [5.41, 5.74) is 0.185. The van der Waals surface area contributed by atoms with Crippen molar-refractivity contribution in [1.82, 2.24) is 5.32 Å². The molecule has 2 aromatic rings. The molecule has 0 radical (unpaired) electrons. The van der Waals surface area contributed by atoms with Crippen LogP contribution in [0.4, 0.5) is 14.5 Å². The van der Waals surface area contributed by atoms with Crippen LogP contribution < -0.4 is 10.0 Å². The van der Waals surface area contributed by atoms with Gasteiger partial charge in [0.25, 0.3) is 15.9 Å². The van der Waals surface area contributed by atoms with Gasteiger partial charge in [-0.1, -0.05) is 12.1 Å². The van der Waals surface area contributed by atoms with Crippen molar-refractivity contribution in [2.24, 2.45) is 0 Å². The third kappa shape index (κ3) is 3.70. The minimum absolute atomic E-state index is 0.0420. The molecule has 1 saturated carbocycles. The maximum Gasteiger partial charge on any atom is 0.262 e. The average molecular weight is 352 g/mol. The van der Waals surface area contributed by atoms with E-state index >= 15 is 0 Å². The van der Waals surface area contributed by atoms with E-state index in [1.54, 1.807) is 12.1 Å². The van der Waals surface area contributed by atoms with Crippen LogP contribution in [0, 0.1) is 11.6 Å². The highest BCUT2D eigenvalue weighted by Crippen LogP contribution is 2.24. The Morgan fingerprint density at radius 1 is 1.04 bits per heavy atom. The number of sulfonamides is 1. The monoisotopic (exact) mass is 352 g/mol. The standard InChI is InChI=1S/C16H14F2N2O3S/c17-10-7-11(18)9-13(8-10)24(22,23)20-15-4-2-1-3-14(15)16(21)19-12-5-6-12/h1-4,7-9,12,20H,5-6H2,(H,19,21). The summed E-state index contributed by atoms with van der Waals surface area (Å²) in [4.78, 5) is 11.6. The first kappa shape index (κ1) is 16.4. The van der Waals surface area contributed by atoms with Gasteiger partial charge in [0.15, 0.2) is 0 Å². The second kappa shape index (κ2) is 6.20. The molecule has 0 spiro atoms. The zero-order chi connectivity index (χ0) is 17.3. The van der Waals surface area contributed by atoms with Gasteiger partial charge in [0.1, 0.15) is 11.6 Å². The molecule has 1 aliphatic carbocycles. The molecule has 0 aliphatic heterocycles. The lowest BCUT2D eigenvalue weighted by atomic mass is 10.1. The van der Waals surface area contributed by atoms with Gasteiger partial charge in [0.2, 0.25) is 0 Å². The zero-order valence-corrected chi connectivity index (χ0v) is 13.2. The summed E-state index contributed by atoms with van der Waals surface area (Å²) in [6.07, 6.45) is 1.78. The minimum Gasteiger partial charge on any atom is -0.349 e. The van der Waals surface area contributed by atoms with Gasteiger partial charge in [-0.15, -0.1) is 0 Å². The summed E-state index contributed by atoms with van der Waals surface area (Å²) in [5.74, 6) is -2.41. The van der Waals surface area contributed by atoms with Gasteiger partial charge in [-0.05, 0) is 37.1 Å². The van der Waals surface area contributed by atoms with Crippen LogP contribution in [0.1, 0.15) is 23.2 Å². The van der Waals surface area contributed by atoms with Gasteiger partial charge >= 0.3 is 0 Å². The van der Waals surface area contributed by atoms with Crippen molar-refractivity contribution in [3.05, 3.63) is 59.7 Å². The molecule has 2 aromatic carbocycles. The fraction of sp³-hybridized carbons (Fsp3) is 0.188. The Balaban J connectivity index is 1.91. The summed E-state index contributed by atoms with van der Waals surface area (Å²) in [6.45, 7) is 0. The van der Waals surface area contributed by atoms with Crippen LogP contribution in [0.5, 0.6) is 0 Å². The lowest BCUT2D eigenvalue weighted by Crippen LogP contribution is -2.27. The quantitative estimate of drug-likeness (QED) is 0.869. The molecule has 126 valence electrons. The molecule has 0 saturated heterocycles. The van der Waals surface area contributed by atoms with Gasteiger partial charge in [-0.2, -0.15) is 0 Å². The fourth-order valence-electron chi connectivity index (χ4n) is 2.15. The van der Waals surface area contributed by atoms with Crippen LogP contribution >= 0.6 is 0 Å². The van der Waals surface area contributed by atoms with E-state index in [1.807, 2.05) is 0 Å². The van der Waals surface area contributed by atoms with Crippen molar-refractivity contribution < 1.29 is 22.0 Å². The van der Waals surface area contributed by atoms with Crippen molar-refractivity contribution in [3.8, 4) is 0 Å². The number of nitrogens with one attached hydrogen (secondary N) is 2. The number of carbonyl (C=O) groups is 1. The summed E-state index contributed by atoms with van der Waals surface area (Å²) >= 11 is 0. The van der Waals surface area contributed by atoms with Gasteiger partial charge < -0.3 is 5.32 Å². The van der Waals surface area contributed by atoms with Crippen molar-refractivity contribution in [3.63, 3.8) is 0 Å². The summed E-state index contributed by atoms with van der Waals surface area (Å²) in [7, 11) is -4.24. The highest BCUT2D eigenvalue weighted by molar-refractivity contribution is 7.92. The Bertz CT molecular complexity index is 876. The van der Waals surface area contributed by atoms with Gasteiger partial charge in [-0.25, -0.2) is 17.2 Å². The summed E-state index contributed by atoms with van der Waals surface area (Å²) in [5, 5.41) is 2.76. The van der Waals surface area contributed by atoms with Gasteiger partial charge in [-0.3, -0.25) is 9.52 Å². The topological polar surface area (TPSA) is 75.3 Å². The number of hydrogen-bond donors (Lipinski definition) is 2. The lowest BCUT2D eigenvalue weighted by molar-refractivity contribution is 0.0952. The third-order valence-electron chi connectivity index (χ3n) is 3.47. The molecule has 1 fully saturated rings. The largest absolute Gasteiger partial charge is 0.349 e. The summed E-state index contributed by atoms with van der Waals surface area (Å²) < 4.78 is 53.4. The molecule has 0 bridgehead atoms. The SMILES string of the molecule is O=C(NC1CC1)c1ccccc1NS(=O)(=O)c1cc(F)cc(F)c1. The minimum atomic E-state index is -4.24. The Labute approximate surface area is 137 Å². The normalized spacial score (nSPS) is 14.2. The Morgan fingerprint density at radius 3 is 2.29 bits per heavy atom. The molecule has 3 rings (SSSR count). The molecule has 0 heterocycles.